The van der Waals surface area contributed by atoms with Crippen molar-refractivity contribution in [1.82, 2.24) is 4.90 Å². The average Bonchev–Trinajstić information content (AvgIpc) is 2.03. The van der Waals surface area contributed by atoms with E-state index in [1.807, 2.05) is 0 Å². The van der Waals surface area contributed by atoms with Crippen LogP contribution < -0.4 is 0 Å². The summed E-state index contributed by atoms with van der Waals surface area (Å²) in [7, 11) is 0. The van der Waals surface area contributed by atoms with Gasteiger partial charge in [0.15, 0.2) is 0 Å². The largest absolute Gasteiger partial charge is 0.481 e. The van der Waals surface area contributed by atoms with Gasteiger partial charge in [-0.25, -0.2) is 0 Å². The van der Waals surface area contributed by atoms with Gasteiger partial charge in [-0.3, -0.25) is 4.79 Å². The minimum atomic E-state index is -0.632. The molecule has 0 aromatic heterocycles. The molecule has 1 heterocycles. The summed E-state index contributed by atoms with van der Waals surface area (Å²) in [6.07, 6.45) is 1.95. The van der Waals surface area contributed by atoms with Crippen LogP contribution in [0.4, 0.5) is 0 Å². The molecule has 0 aromatic rings. The molecule has 0 spiro atoms. The normalized spacial score (nSPS) is 30.3. The van der Waals surface area contributed by atoms with Crippen molar-refractivity contribution in [2.45, 2.75) is 26.7 Å². The van der Waals surface area contributed by atoms with Crippen molar-refractivity contribution in [2.24, 2.45) is 11.8 Å². The molecule has 0 aliphatic carbocycles. The Morgan fingerprint density at radius 1 is 1.54 bits per heavy atom. The van der Waals surface area contributed by atoms with Crippen LogP contribution in [0.3, 0.4) is 0 Å². The van der Waals surface area contributed by atoms with Gasteiger partial charge in [0.1, 0.15) is 0 Å². The fourth-order valence-corrected chi connectivity index (χ4v) is 2.14. The van der Waals surface area contributed by atoms with Crippen LogP contribution in [-0.2, 0) is 4.79 Å². The van der Waals surface area contributed by atoms with Crippen LogP contribution in [0.1, 0.15) is 26.7 Å². The van der Waals surface area contributed by atoms with E-state index in [0.29, 0.717) is 5.92 Å². The van der Waals surface area contributed by atoms with Crippen molar-refractivity contribution in [3.05, 3.63) is 0 Å². The first-order valence-corrected chi connectivity index (χ1v) is 5.08. The van der Waals surface area contributed by atoms with Gasteiger partial charge in [-0.05, 0) is 25.3 Å². The average molecular weight is 185 g/mol. The molecule has 1 aliphatic heterocycles. The Hall–Kier alpha value is -0.570. The zero-order valence-electron chi connectivity index (χ0n) is 8.49. The fourth-order valence-electron chi connectivity index (χ4n) is 2.14. The van der Waals surface area contributed by atoms with E-state index in [2.05, 4.69) is 18.7 Å². The van der Waals surface area contributed by atoms with E-state index in [4.69, 9.17) is 5.11 Å². The second kappa shape index (κ2) is 4.61. The number of hydrogen-bond acceptors (Lipinski definition) is 2. The van der Waals surface area contributed by atoms with E-state index in [9.17, 15) is 4.79 Å². The number of likely N-dealkylation sites (tertiary alicyclic amines) is 1. The molecule has 76 valence electrons. The highest BCUT2D eigenvalue weighted by molar-refractivity contribution is 5.70. The Bertz CT molecular complexity index is 182. The zero-order valence-corrected chi connectivity index (χ0v) is 8.49. The number of hydrogen-bond donors (Lipinski definition) is 1. The highest BCUT2D eigenvalue weighted by atomic mass is 16.4. The summed E-state index contributed by atoms with van der Waals surface area (Å²) >= 11 is 0. The van der Waals surface area contributed by atoms with Crippen molar-refractivity contribution in [3.8, 4) is 0 Å². The molecule has 1 rings (SSSR count). The number of aliphatic carboxylic acids is 1. The monoisotopic (exact) mass is 185 g/mol. The van der Waals surface area contributed by atoms with E-state index in [1.54, 1.807) is 0 Å². The molecule has 2 unspecified atom stereocenters. The first-order chi connectivity index (χ1) is 6.13. The third-order valence-corrected chi connectivity index (χ3v) is 2.62. The number of nitrogens with zero attached hydrogens (tertiary/aromatic N) is 1. The van der Waals surface area contributed by atoms with Crippen LogP contribution in [0.5, 0.6) is 0 Å². The van der Waals surface area contributed by atoms with E-state index in [0.717, 1.165) is 32.5 Å². The summed E-state index contributed by atoms with van der Waals surface area (Å²) in [5, 5.41) is 8.92. The van der Waals surface area contributed by atoms with E-state index < -0.39 is 5.97 Å². The van der Waals surface area contributed by atoms with Crippen molar-refractivity contribution in [1.29, 1.82) is 0 Å². The Morgan fingerprint density at radius 3 is 2.77 bits per heavy atom. The second-order valence-electron chi connectivity index (χ2n) is 4.14. The number of rotatable bonds is 3. The maximum absolute atomic E-state index is 10.8. The Morgan fingerprint density at radius 2 is 2.23 bits per heavy atom. The standard InChI is InChI=1S/C10H19NO2/c1-3-4-11-6-8(2)5-9(7-11)10(12)13/h8-9H,3-7H2,1-2H3,(H,12,13). The molecular weight excluding hydrogens is 166 g/mol. The minimum absolute atomic E-state index is 0.143. The molecule has 0 radical (unpaired) electrons. The quantitative estimate of drug-likeness (QED) is 0.723. The number of carboxylic acid groups (broad SMARTS) is 1. The predicted octanol–water partition coefficient (Wildman–Crippen LogP) is 1.44. The van der Waals surface area contributed by atoms with Gasteiger partial charge in [0.25, 0.3) is 0 Å². The smallest absolute Gasteiger partial charge is 0.307 e. The third kappa shape index (κ3) is 2.99. The number of piperidine rings is 1. The van der Waals surface area contributed by atoms with Gasteiger partial charge < -0.3 is 10.0 Å². The summed E-state index contributed by atoms with van der Waals surface area (Å²) in [5.74, 6) is -0.246. The highest BCUT2D eigenvalue weighted by Crippen LogP contribution is 2.21. The Balaban J connectivity index is 2.47. The maximum Gasteiger partial charge on any atom is 0.307 e. The first-order valence-electron chi connectivity index (χ1n) is 5.08. The molecule has 1 aliphatic rings. The molecule has 2 atom stereocenters. The molecule has 0 amide bonds. The fraction of sp³-hybridized carbons (Fsp3) is 0.900. The molecule has 1 N–H and O–H groups in total. The lowest BCUT2D eigenvalue weighted by Gasteiger charge is -2.34. The summed E-state index contributed by atoms with van der Waals surface area (Å²) in [4.78, 5) is 13.1. The number of carbonyl (C=O) groups is 1. The molecule has 13 heavy (non-hydrogen) atoms. The first kappa shape index (κ1) is 10.5. The van der Waals surface area contributed by atoms with Crippen LogP contribution in [0.2, 0.25) is 0 Å². The van der Waals surface area contributed by atoms with E-state index >= 15 is 0 Å². The SMILES string of the molecule is CCCN1CC(C)CC(C(=O)O)C1. The van der Waals surface area contributed by atoms with Gasteiger partial charge in [0.05, 0.1) is 5.92 Å². The lowest BCUT2D eigenvalue weighted by molar-refractivity contribution is -0.144. The molecule has 0 saturated carbocycles. The summed E-state index contributed by atoms with van der Waals surface area (Å²) in [6, 6.07) is 0. The summed E-state index contributed by atoms with van der Waals surface area (Å²) in [5.41, 5.74) is 0. The van der Waals surface area contributed by atoms with Gasteiger partial charge >= 0.3 is 5.97 Å². The summed E-state index contributed by atoms with van der Waals surface area (Å²) in [6.45, 7) is 7.12. The van der Waals surface area contributed by atoms with Crippen LogP contribution in [-0.4, -0.2) is 35.6 Å². The molecule has 0 aromatic carbocycles. The van der Waals surface area contributed by atoms with Crippen molar-refractivity contribution in [3.63, 3.8) is 0 Å². The van der Waals surface area contributed by atoms with Crippen LogP contribution in [0, 0.1) is 11.8 Å². The Kier molecular flexibility index (Phi) is 3.72. The topological polar surface area (TPSA) is 40.5 Å². The van der Waals surface area contributed by atoms with E-state index in [-0.39, 0.29) is 5.92 Å². The predicted molar refractivity (Wildman–Crippen MR) is 51.6 cm³/mol. The van der Waals surface area contributed by atoms with Crippen LogP contribution in [0.25, 0.3) is 0 Å². The lowest BCUT2D eigenvalue weighted by Crippen LogP contribution is -2.42. The molecule has 1 fully saturated rings. The number of carboxylic acids is 1. The third-order valence-electron chi connectivity index (χ3n) is 2.62. The molecule has 1 saturated heterocycles. The van der Waals surface area contributed by atoms with Crippen molar-refractivity contribution >= 4 is 5.97 Å². The van der Waals surface area contributed by atoms with E-state index in [1.165, 1.54) is 0 Å². The molecule has 3 heteroatoms. The van der Waals surface area contributed by atoms with Crippen LogP contribution in [0.15, 0.2) is 0 Å². The van der Waals surface area contributed by atoms with Gasteiger partial charge in [-0.15, -0.1) is 0 Å². The summed E-state index contributed by atoms with van der Waals surface area (Å²) < 4.78 is 0. The van der Waals surface area contributed by atoms with Crippen molar-refractivity contribution in [2.75, 3.05) is 19.6 Å². The van der Waals surface area contributed by atoms with Crippen LogP contribution >= 0.6 is 0 Å². The van der Waals surface area contributed by atoms with Gasteiger partial charge in [0.2, 0.25) is 0 Å². The maximum atomic E-state index is 10.8. The van der Waals surface area contributed by atoms with Crippen molar-refractivity contribution < 1.29 is 9.90 Å². The van der Waals surface area contributed by atoms with Gasteiger partial charge in [-0.2, -0.15) is 0 Å². The molecule has 3 nitrogen and oxygen atoms in total. The second-order valence-corrected chi connectivity index (χ2v) is 4.14. The Labute approximate surface area is 79.7 Å². The van der Waals surface area contributed by atoms with Gasteiger partial charge in [-0.1, -0.05) is 13.8 Å². The zero-order chi connectivity index (χ0) is 9.84. The molecular formula is C10H19NO2. The van der Waals surface area contributed by atoms with Gasteiger partial charge in [0, 0.05) is 13.1 Å². The lowest BCUT2D eigenvalue weighted by atomic mass is 9.90. The molecule has 0 bridgehead atoms. The minimum Gasteiger partial charge on any atom is -0.481 e. The highest BCUT2D eigenvalue weighted by Gasteiger charge is 2.28.